The minimum absolute atomic E-state index is 0.0919. The largest absolute Gasteiger partial charge is 0.481 e. The summed E-state index contributed by atoms with van der Waals surface area (Å²) in [5.74, 6) is 3.68. The number of hydrogen-bond donors (Lipinski definition) is 1. The molecule has 174 valence electrons. The molecule has 1 saturated heterocycles. The average molecular weight is 423 g/mol. The van der Waals surface area contributed by atoms with Crippen LogP contribution >= 0.6 is 0 Å². The fraction of sp³-hybridized carbons (Fsp3) is 0.962. The van der Waals surface area contributed by atoms with Crippen molar-refractivity contribution in [2.75, 3.05) is 6.61 Å². The molecule has 2 aliphatic carbocycles. The summed E-state index contributed by atoms with van der Waals surface area (Å²) in [6.07, 6.45) is 13.8. The van der Waals surface area contributed by atoms with Gasteiger partial charge in [0.1, 0.15) is 0 Å². The Kier molecular flexibility index (Phi) is 9.07. The lowest BCUT2D eigenvalue weighted by Gasteiger charge is -2.48. The third kappa shape index (κ3) is 6.22. The summed E-state index contributed by atoms with van der Waals surface area (Å²) in [7, 11) is 0. The van der Waals surface area contributed by atoms with E-state index in [-0.39, 0.29) is 18.3 Å². The van der Waals surface area contributed by atoms with Crippen LogP contribution in [-0.4, -0.2) is 30.1 Å². The number of ether oxygens (including phenoxy) is 2. The van der Waals surface area contributed by atoms with Crippen molar-refractivity contribution in [3.05, 3.63) is 0 Å². The molecule has 4 heteroatoms. The fourth-order valence-electron chi connectivity index (χ4n) is 6.24. The maximum absolute atomic E-state index is 11.0. The first-order chi connectivity index (χ1) is 14.4. The van der Waals surface area contributed by atoms with E-state index in [9.17, 15) is 4.79 Å². The van der Waals surface area contributed by atoms with E-state index in [1.54, 1.807) is 6.92 Å². The number of carboxylic acid groups (broad SMARTS) is 1. The monoisotopic (exact) mass is 422 g/mol. The van der Waals surface area contributed by atoms with Crippen LogP contribution in [0.1, 0.15) is 98.3 Å². The van der Waals surface area contributed by atoms with Crippen LogP contribution in [0.2, 0.25) is 0 Å². The number of aliphatic carboxylic acids is 1. The van der Waals surface area contributed by atoms with Crippen molar-refractivity contribution in [1.82, 2.24) is 0 Å². The van der Waals surface area contributed by atoms with Gasteiger partial charge in [-0.25, -0.2) is 0 Å². The van der Waals surface area contributed by atoms with E-state index in [1.807, 2.05) is 0 Å². The Labute approximate surface area is 184 Å². The molecule has 1 heterocycles. The Morgan fingerprint density at radius 3 is 2.43 bits per heavy atom. The second-order valence-corrected chi connectivity index (χ2v) is 10.9. The van der Waals surface area contributed by atoms with Crippen molar-refractivity contribution < 1.29 is 19.4 Å². The molecule has 3 fully saturated rings. The molecule has 0 radical (unpaired) electrons. The molecule has 0 aromatic heterocycles. The predicted molar refractivity (Wildman–Crippen MR) is 120 cm³/mol. The summed E-state index contributed by atoms with van der Waals surface area (Å²) in [6, 6.07) is 0. The summed E-state index contributed by atoms with van der Waals surface area (Å²) in [6.45, 7) is 9.57. The van der Waals surface area contributed by atoms with Crippen molar-refractivity contribution in [2.45, 2.75) is 111 Å². The zero-order chi connectivity index (χ0) is 21.7. The van der Waals surface area contributed by atoms with Gasteiger partial charge in [0.15, 0.2) is 6.29 Å². The third-order valence-electron chi connectivity index (χ3n) is 8.81. The van der Waals surface area contributed by atoms with Crippen molar-refractivity contribution in [2.24, 2.45) is 41.4 Å². The molecule has 0 aromatic rings. The molecular formula is C26H46O4. The van der Waals surface area contributed by atoms with Crippen LogP contribution in [0.3, 0.4) is 0 Å². The van der Waals surface area contributed by atoms with Crippen LogP contribution in [0, 0.1) is 41.4 Å². The second kappa shape index (κ2) is 11.3. The number of rotatable bonds is 11. The van der Waals surface area contributed by atoms with E-state index in [2.05, 4.69) is 20.8 Å². The molecule has 0 amide bonds. The summed E-state index contributed by atoms with van der Waals surface area (Å²) in [5.41, 5.74) is 0. The summed E-state index contributed by atoms with van der Waals surface area (Å²) in [5, 5.41) is 9.03. The van der Waals surface area contributed by atoms with Gasteiger partial charge >= 0.3 is 5.97 Å². The van der Waals surface area contributed by atoms with Crippen LogP contribution in [0.5, 0.6) is 0 Å². The maximum Gasteiger partial charge on any atom is 0.306 e. The van der Waals surface area contributed by atoms with Crippen molar-refractivity contribution >= 4 is 5.97 Å². The zero-order valence-corrected chi connectivity index (χ0v) is 19.9. The van der Waals surface area contributed by atoms with Crippen molar-refractivity contribution in [3.63, 3.8) is 0 Å². The molecule has 4 unspecified atom stereocenters. The van der Waals surface area contributed by atoms with Gasteiger partial charge in [-0.05, 0) is 62.2 Å². The second-order valence-electron chi connectivity index (χ2n) is 10.9. The molecule has 3 rings (SSSR count). The van der Waals surface area contributed by atoms with Crippen molar-refractivity contribution in [1.29, 1.82) is 0 Å². The number of hydrogen-bond acceptors (Lipinski definition) is 3. The van der Waals surface area contributed by atoms with Gasteiger partial charge in [0.2, 0.25) is 0 Å². The van der Waals surface area contributed by atoms with E-state index in [0.29, 0.717) is 11.8 Å². The van der Waals surface area contributed by atoms with Crippen molar-refractivity contribution in [3.8, 4) is 0 Å². The molecule has 30 heavy (non-hydrogen) atoms. The highest BCUT2D eigenvalue weighted by Gasteiger charge is 2.43. The molecule has 2 saturated carbocycles. The Morgan fingerprint density at radius 2 is 1.77 bits per heavy atom. The van der Waals surface area contributed by atoms with Gasteiger partial charge in [0.25, 0.3) is 0 Å². The highest BCUT2D eigenvalue weighted by atomic mass is 16.7. The average Bonchev–Trinajstić information content (AvgIpc) is 2.67. The number of fused-ring (bicyclic) bond motifs is 1. The number of carbonyl (C=O) groups is 1. The molecule has 1 aliphatic heterocycles. The quantitative estimate of drug-likeness (QED) is 0.411. The summed E-state index contributed by atoms with van der Waals surface area (Å²) < 4.78 is 12.6. The van der Waals surface area contributed by atoms with Gasteiger partial charge in [-0.15, -0.1) is 0 Å². The molecule has 0 bridgehead atoms. The van der Waals surface area contributed by atoms with E-state index < -0.39 is 5.97 Å². The van der Waals surface area contributed by atoms with Crippen LogP contribution in [0.25, 0.3) is 0 Å². The Hall–Kier alpha value is -0.610. The lowest BCUT2D eigenvalue weighted by molar-refractivity contribution is -0.247. The topological polar surface area (TPSA) is 55.8 Å². The Bertz CT molecular complexity index is 531. The van der Waals surface area contributed by atoms with E-state index >= 15 is 0 Å². The molecule has 0 spiro atoms. The lowest BCUT2D eigenvalue weighted by Crippen LogP contribution is -2.47. The summed E-state index contributed by atoms with van der Waals surface area (Å²) >= 11 is 0. The van der Waals surface area contributed by atoms with Crippen LogP contribution in [0.15, 0.2) is 0 Å². The molecular weight excluding hydrogens is 376 g/mol. The highest BCUT2D eigenvalue weighted by molar-refractivity contribution is 5.69. The van der Waals surface area contributed by atoms with Gasteiger partial charge < -0.3 is 14.6 Å². The first kappa shape index (κ1) is 24.0. The van der Waals surface area contributed by atoms with E-state index in [4.69, 9.17) is 14.6 Å². The van der Waals surface area contributed by atoms with Gasteiger partial charge in [-0.3, -0.25) is 4.79 Å². The predicted octanol–water partition coefficient (Wildman–Crippen LogP) is 6.52. The molecule has 3 aliphatic rings. The SMILES string of the molecule is CC(CCCC(C)C(=O)O)O[C@H]1OCC2[C@@H](CCC(C)C3CCC3)CCC[C@H]2[C@H]1C. The molecule has 8 atom stereocenters. The minimum atomic E-state index is -0.701. The smallest absolute Gasteiger partial charge is 0.306 e. The maximum atomic E-state index is 11.0. The van der Waals surface area contributed by atoms with Gasteiger partial charge in [0.05, 0.1) is 18.6 Å². The Morgan fingerprint density at radius 1 is 1.03 bits per heavy atom. The van der Waals surface area contributed by atoms with Gasteiger partial charge in [-0.2, -0.15) is 0 Å². The third-order valence-corrected chi connectivity index (χ3v) is 8.81. The fourth-order valence-corrected chi connectivity index (χ4v) is 6.24. The summed E-state index contributed by atoms with van der Waals surface area (Å²) in [4.78, 5) is 11.0. The van der Waals surface area contributed by atoms with E-state index in [1.165, 1.54) is 51.4 Å². The van der Waals surface area contributed by atoms with E-state index in [0.717, 1.165) is 49.5 Å². The standard InChI is InChI=1S/C26H46O4/c1-17(21-10-6-11-21)14-15-22-12-7-13-23-20(4)26(29-16-24(22)23)30-19(3)9-5-8-18(2)25(27)28/h17-24,26H,5-16H2,1-4H3,(H,27,28)/t17?,18?,19?,20-,22-,23+,24?,26-/m1/s1. The molecule has 1 N–H and O–H groups in total. The lowest BCUT2D eigenvalue weighted by atomic mass is 9.64. The van der Waals surface area contributed by atoms with Crippen LogP contribution in [0.4, 0.5) is 0 Å². The Balaban J connectivity index is 1.43. The minimum Gasteiger partial charge on any atom is -0.481 e. The van der Waals surface area contributed by atoms with Gasteiger partial charge in [0, 0.05) is 5.92 Å². The molecule has 0 aromatic carbocycles. The first-order valence-corrected chi connectivity index (χ1v) is 12.9. The first-order valence-electron chi connectivity index (χ1n) is 12.9. The highest BCUT2D eigenvalue weighted by Crippen LogP contribution is 2.47. The zero-order valence-electron chi connectivity index (χ0n) is 19.9. The molecule has 4 nitrogen and oxygen atoms in total. The normalized spacial score (nSPS) is 35.1. The van der Waals surface area contributed by atoms with Gasteiger partial charge in [-0.1, -0.05) is 65.7 Å². The number of carboxylic acids is 1. The van der Waals surface area contributed by atoms with Crippen LogP contribution in [-0.2, 0) is 14.3 Å². The van der Waals surface area contributed by atoms with Crippen LogP contribution < -0.4 is 0 Å².